The molecule has 1 saturated heterocycles. The monoisotopic (exact) mass is 604 g/mol. The van der Waals surface area contributed by atoms with E-state index in [0.717, 1.165) is 27.8 Å². The van der Waals surface area contributed by atoms with Crippen LogP contribution in [0.5, 0.6) is 0 Å². The topological polar surface area (TPSA) is 84.9 Å². The molecule has 0 spiro atoms. The quantitative estimate of drug-likeness (QED) is 0.224. The molecular weight excluding hydrogens is 564 g/mol. The van der Waals surface area contributed by atoms with E-state index >= 15 is 0 Å². The van der Waals surface area contributed by atoms with Gasteiger partial charge in [-0.3, -0.25) is 4.79 Å². The first-order valence-corrected chi connectivity index (χ1v) is 15.3. The van der Waals surface area contributed by atoms with Crippen LogP contribution in [0.4, 0.5) is 0 Å². The van der Waals surface area contributed by atoms with Crippen molar-refractivity contribution in [1.82, 2.24) is 10.2 Å². The Bertz CT molecular complexity index is 1570. The number of nitrogens with zero attached hydrogens (tertiary/aromatic N) is 1. The molecule has 7 nitrogen and oxygen atoms in total. The standard InChI is InChI=1S/C38H40N2O5/c1-38(2,3)45-36(42)32-18-12-11-17-31(32)27-21-19-26(20-22-27)24-39-30-23-33(37(43)44-4)40(25-30)35(41)34(28-13-7-5-8-14-28)29-15-9-6-10-16-29/h5-22,30,33-34,39H,23-25H2,1-4H3/t30-,33-/m0/s1. The number of hydrogen-bond acceptors (Lipinski definition) is 6. The molecule has 1 heterocycles. The summed E-state index contributed by atoms with van der Waals surface area (Å²) in [6, 6.07) is 34.0. The minimum atomic E-state index is -0.679. The van der Waals surface area contributed by atoms with Crippen LogP contribution in [0.25, 0.3) is 11.1 Å². The molecule has 1 amide bonds. The molecule has 0 aromatic heterocycles. The summed E-state index contributed by atoms with van der Waals surface area (Å²) in [4.78, 5) is 41.6. The number of amides is 1. The van der Waals surface area contributed by atoms with Crippen LogP contribution in [0.15, 0.2) is 109 Å². The van der Waals surface area contributed by atoms with Crippen molar-refractivity contribution in [2.24, 2.45) is 0 Å². The lowest BCUT2D eigenvalue weighted by Crippen LogP contribution is -2.44. The average molecular weight is 605 g/mol. The Balaban J connectivity index is 1.30. The van der Waals surface area contributed by atoms with E-state index in [1.165, 1.54) is 7.11 Å². The first kappa shape index (κ1) is 31.7. The molecule has 7 heteroatoms. The molecule has 0 radical (unpaired) electrons. The number of ether oxygens (including phenoxy) is 2. The summed E-state index contributed by atoms with van der Waals surface area (Å²) >= 11 is 0. The largest absolute Gasteiger partial charge is 0.467 e. The summed E-state index contributed by atoms with van der Waals surface area (Å²) in [5, 5.41) is 3.55. The third kappa shape index (κ3) is 7.67. The lowest BCUT2D eigenvalue weighted by atomic mass is 9.90. The van der Waals surface area contributed by atoms with Crippen molar-refractivity contribution < 1.29 is 23.9 Å². The number of hydrogen-bond donors (Lipinski definition) is 1. The zero-order valence-corrected chi connectivity index (χ0v) is 26.2. The van der Waals surface area contributed by atoms with Gasteiger partial charge in [0.05, 0.1) is 18.6 Å². The molecule has 1 aliphatic heterocycles. The SMILES string of the molecule is COC(=O)[C@@H]1C[C@H](NCc2ccc(-c3ccccc3C(=O)OC(C)(C)C)cc2)CN1C(=O)C(c1ccccc1)c1ccccc1. The lowest BCUT2D eigenvalue weighted by Gasteiger charge is -2.28. The van der Waals surface area contributed by atoms with E-state index in [-0.39, 0.29) is 17.9 Å². The highest BCUT2D eigenvalue weighted by atomic mass is 16.6. The van der Waals surface area contributed by atoms with Crippen molar-refractivity contribution >= 4 is 17.8 Å². The molecule has 45 heavy (non-hydrogen) atoms. The van der Waals surface area contributed by atoms with Gasteiger partial charge in [0.1, 0.15) is 11.6 Å². The Morgan fingerprint density at radius 2 is 1.40 bits per heavy atom. The van der Waals surface area contributed by atoms with E-state index in [0.29, 0.717) is 25.1 Å². The maximum atomic E-state index is 14.2. The van der Waals surface area contributed by atoms with Gasteiger partial charge in [0.25, 0.3) is 0 Å². The fourth-order valence-corrected chi connectivity index (χ4v) is 5.83. The van der Waals surface area contributed by atoms with E-state index in [1.54, 1.807) is 11.0 Å². The smallest absolute Gasteiger partial charge is 0.339 e. The van der Waals surface area contributed by atoms with Crippen molar-refractivity contribution in [3.05, 3.63) is 131 Å². The van der Waals surface area contributed by atoms with Crippen LogP contribution in [0, 0.1) is 0 Å². The predicted octanol–water partition coefficient (Wildman–Crippen LogP) is 6.37. The number of methoxy groups -OCH3 is 1. The van der Waals surface area contributed by atoms with Gasteiger partial charge in [0.2, 0.25) is 5.91 Å². The number of likely N-dealkylation sites (tertiary alicyclic amines) is 1. The van der Waals surface area contributed by atoms with Crippen molar-refractivity contribution in [3.8, 4) is 11.1 Å². The maximum Gasteiger partial charge on any atom is 0.339 e. The van der Waals surface area contributed by atoms with Gasteiger partial charge < -0.3 is 19.7 Å². The second-order valence-corrected chi connectivity index (χ2v) is 12.3. The van der Waals surface area contributed by atoms with Crippen LogP contribution < -0.4 is 5.32 Å². The number of rotatable bonds is 9. The van der Waals surface area contributed by atoms with Crippen LogP contribution in [0.2, 0.25) is 0 Å². The molecule has 2 atom stereocenters. The van der Waals surface area contributed by atoms with Gasteiger partial charge in [-0.15, -0.1) is 0 Å². The number of carbonyl (C=O) groups excluding carboxylic acids is 3. The van der Waals surface area contributed by atoms with Crippen LogP contribution in [0.1, 0.15) is 60.2 Å². The molecular formula is C38H40N2O5. The van der Waals surface area contributed by atoms with Crippen LogP contribution in [0.3, 0.4) is 0 Å². The lowest BCUT2D eigenvalue weighted by molar-refractivity contribution is -0.151. The van der Waals surface area contributed by atoms with Gasteiger partial charge in [-0.05, 0) is 61.1 Å². The second kappa shape index (κ2) is 13.9. The number of nitrogens with one attached hydrogen (secondary N) is 1. The van der Waals surface area contributed by atoms with Crippen molar-refractivity contribution in [1.29, 1.82) is 0 Å². The van der Waals surface area contributed by atoms with Crippen molar-refractivity contribution in [2.45, 2.75) is 57.3 Å². The molecule has 0 aliphatic carbocycles. The molecule has 232 valence electrons. The number of carbonyl (C=O) groups is 3. The fourth-order valence-electron chi connectivity index (χ4n) is 5.83. The Morgan fingerprint density at radius 1 is 0.822 bits per heavy atom. The van der Waals surface area contributed by atoms with Gasteiger partial charge >= 0.3 is 11.9 Å². The minimum Gasteiger partial charge on any atom is -0.467 e. The Labute approximate surface area is 265 Å². The zero-order chi connectivity index (χ0) is 32.0. The third-order valence-corrected chi connectivity index (χ3v) is 7.98. The normalized spacial score (nSPS) is 16.4. The highest BCUT2D eigenvalue weighted by molar-refractivity contribution is 5.97. The molecule has 0 bridgehead atoms. The summed E-state index contributed by atoms with van der Waals surface area (Å²) in [6.45, 7) is 6.50. The molecule has 0 unspecified atom stereocenters. The average Bonchev–Trinajstić information content (AvgIpc) is 3.48. The molecule has 1 aliphatic rings. The summed E-state index contributed by atoms with van der Waals surface area (Å²) in [6.07, 6.45) is 0.454. The highest BCUT2D eigenvalue weighted by Crippen LogP contribution is 2.31. The molecule has 4 aromatic carbocycles. The summed E-state index contributed by atoms with van der Waals surface area (Å²) in [5.41, 5.74) is 4.45. The molecule has 1 N–H and O–H groups in total. The Kier molecular flexibility index (Phi) is 9.79. The van der Waals surface area contributed by atoms with E-state index < -0.39 is 23.5 Å². The zero-order valence-electron chi connectivity index (χ0n) is 26.2. The summed E-state index contributed by atoms with van der Waals surface area (Å²) in [5.74, 6) is -1.43. The van der Waals surface area contributed by atoms with Gasteiger partial charge in [-0.2, -0.15) is 0 Å². The highest BCUT2D eigenvalue weighted by Gasteiger charge is 2.42. The number of esters is 2. The first-order valence-electron chi connectivity index (χ1n) is 15.3. The third-order valence-electron chi connectivity index (χ3n) is 7.98. The first-order chi connectivity index (χ1) is 21.6. The van der Waals surface area contributed by atoms with E-state index in [4.69, 9.17) is 9.47 Å². The van der Waals surface area contributed by atoms with Crippen LogP contribution in [-0.4, -0.2) is 54.1 Å². The van der Waals surface area contributed by atoms with E-state index in [2.05, 4.69) is 5.32 Å². The van der Waals surface area contributed by atoms with Crippen LogP contribution >= 0.6 is 0 Å². The maximum absolute atomic E-state index is 14.2. The van der Waals surface area contributed by atoms with Gasteiger partial charge in [0.15, 0.2) is 0 Å². The number of benzene rings is 4. The summed E-state index contributed by atoms with van der Waals surface area (Å²) in [7, 11) is 1.36. The molecule has 5 rings (SSSR count). The van der Waals surface area contributed by atoms with Gasteiger partial charge in [-0.1, -0.05) is 103 Å². The summed E-state index contributed by atoms with van der Waals surface area (Å²) < 4.78 is 10.8. The Morgan fingerprint density at radius 3 is 1.98 bits per heavy atom. The van der Waals surface area contributed by atoms with Crippen molar-refractivity contribution in [3.63, 3.8) is 0 Å². The van der Waals surface area contributed by atoms with E-state index in [9.17, 15) is 14.4 Å². The Hall–Kier alpha value is -4.75. The second-order valence-electron chi connectivity index (χ2n) is 12.3. The van der Waals surface area contributed by atoms with Gasteiger partial charge in [-0.25, -0.2) is 9.59 Å². The molecule has 0 saturated carbocycles. The van der Waals surface area contributed by atoms with E-state index in [1.807, 2.05) is 124 Å². The minimum absolute atomic E-state index is 0.0992. The molecule has 1 fully saturated rings. The predicted molar refractivity (Wildman–Crippen MR) is 175 cm³/mol. The van der Waals surface area contributed by atoms with Crippen LogP contribution in [-0.2, 0) is 25.6 Å². The fraction of sp³-hybridized carbons (Fsp3) is 0.289. The van der Waals surface area contributed by atoms with Gasteiger partial charge in [0, 0.05) is 19.1 Å². The molecule has 4 aromatic rings. The van der Waals surface area contributed by atoms with Crippen molar-refractivity contribution in [2.75, 3.05) is 13.7 Å².